The van der Waals surface area contributed by atoms with Crippen molar-refractivity contribution < 1.29 is 14.6 Å². The summed E-state index contributed by atoms with van der Waals surface area (Å²) in [5, 5.41) is 9.97. The van der Waals surface area contributed by atoms with Crippen LogP contribution in [0.15, 0.2) is 12.1 Å². The third-order valence-electron chi connectivity index (χ3n) is 3.97. The molecule has 0 aromatic heterocycles. The molecule has 0 aliphatic heterocycles. The van der Waals surface area contributed by atoms with Gasteiger partial charge < -0.3 is 9.84 Å². The molecule has 1 aromatic rings. The van der Waals surface area contributed by atoms with Gasteiger partial charge in [-0.1, -0.05) is 6.07 Å². The van der Waals surface area contributed by atoms with Crippen molar-refractivity contribution in [2.24, 2.45) is 0 Å². The third-order valence-corrected chi connectivity index (χ3v) is 3.97. The van der Waals surface area contributed by atoms with E-state index in [-0.39, 0.29) is 5.97 Å². The van der Waals surface area contributed by atoms with Crippen molar-refractivity contribution in [2.45, 2.75) is 51.9 Å². The van der Waals surface area contributed by atoms with Gasteiger partial charge in [0.25, 0.3) is 0 Å². The number of esters is 1. The molecule has 0 atom stereocenters. The standard InChI is InChI=1S/C16H22O3/c1-4-19-15(18)16(2,3)13-9-10-14(17)12-8-6-5-7-11(12)13/h9-10,17H,4-8H2,1-3H3. The van der Waals surface area contributed by atoms with E-state index in [0.29, 0.717) is 12.4 Å². The second-order valence-corrected chi connectivity index (χ2v) is 5.64. The summed E-state index contributed by atoms with van der Waals surface area (Å²) in [5.74, 6) is 0.159. The minimum atomic E-state index is -0.662. The van der Waals surface area contributed by atoms with Gasteiger partial charge in [-0.25, -0.2) is 0 Å². The summed E-state index contributed by atoms with van der Waals surface area (Å²) in [5.41, 5.74) is 2.49. The maximum absolute atomic E-state index is 12.2. The van der Waals surface area contributed by atoms with Crippen LogP contribution in [0.3, 0.4) is 0 Å². The Bertz CT molecular complexity index is 489. The molecule has 0 spiro atoms. The Morgan fingerprint density at radius 3 is 2.53 bits per heavy atom. The third kappa shape index (κ3) is 2.46. The molecule has 19 heavy (non-hydrogen) atoms. The van der Waals surface area contributed by atoms with E-state index in [2.05, 4.69) is 0 Å². The van der Waals surface area contributed by atoms with Gasteiger partial charge in [-0.3, -0.25) is 4.79 Å². The number of phenols is 1. The number of benzene rings is 1. The van der Waals surface area contributed by atoms with Crippen LogP contribution in [-0.4, -0.2) is 17.7 Å². The van der Waals surface area contributed by atoms with Crippen molar-refractivity contribution in [3.8, 4) is 5.75 Å². The smallest absolute Gasteiger partial charge is 0.315 e. The van der Waals surface area contributed by atoms with Gasteiger partial charge in [0.1, 0.15) is 5.75 Å². The first kappa shape index (κ1) is 13.9. The average Bonchev–Trinajstić information content (AvgIpc) is 2.39. The van der Waals surface area contributed by atoms with Crippen LogP contribution in [0, 0.1) is 0 Å². The molecule has 1 aromatic carbocycles. The molecule has 1 aliphatic carbocycles. The maximum atomic E-state index is 12.2. The van der Waals surface area contributed by atoms with Crippen molar-refractivity contribution in [2.75, 3.05) is 6.61 Å². The summed E-state index contributed by atoms with van der Waals surface area (Å²) >= 11 is 0. The van der Waals surface area contributed by atoms with Crippen molar-refractivity contribution in [1.29, 1.82) is 0 Å². The fourth-order valence-corrected chi connectivity index (χ4v) is 2.86. The Kier molecular flexibility index (Phi) is 3.83. The molecule has 0 saturated carbocycles. The molecule has 1 N–H and O–H groups in total. The zero-order chi connectivity index (χ0) is 14.0. The Balaban J connectivity index is 2.48. The van der Waals surface area contributed by atoms with E-state index in [4.69, 9.17) is 4.74 Å². The predicted octanol–water partition coefficient (Wildman–Crippen LogP) is 3.11. The van der Waals surface area contributed by atoms with Crippen molar-refractivity contribution in [3.05, 3.63) is 28.8 Å². The average molecular weight is 262 g/mol. The number of rotatable bonds is 3. The summed E-state index contributed by atoms with van der Waals surface area (Å²) < 4.78 is 5.18. The second kappa shape index (κ2) is 5.24. The van der Waals surface area contributed by atoms with E-state index in [9.17, 15) is 9.90 Å². The zero-order valence-corrected chi connectivity index (χ0v) is 12.0. The van der Waals surface area contributed by atoms with Crippen LogP contribution in [0.2, 0.25) is 0 Å². The second-order valence-electron chi connectivity index (χ2n) is 5.64. The highest BCUT2D eigenvalue weighted by Gasteiger charge is 2.35. The van der Waals surface area contributed by atoms with Gasteiger partial charge in [0, 0.05) is 0 Å². The van der Waals surface area contributed by atoms with E-state index in [1.807, 2.05) is 26.8 Å². The molecule has 2 rings (SSSR count). The normalized spacial score (nSPS) is 14.9. The van der Waals surface area contributed by atoms with Crippen LogP contribution < -0.4 is 0 Å². The molecule has 0 unspecified atom stereocenters. The van der Waals surface area contributed by atoms with Gasteiger partial charge >= 0.3 is 5.97 Å². The molecular weight excluding hydrogens is 240 g/mol. The van der Waals surface area contributed by atoms with E-state index >= 15 is 0 Å². The minimum absolute atomic E-state index is 0.200. The van der Waals surface area contributed by atoms with E-state index < -0.39 is 5.41 Å². The van der Waals surface area contributed by atoms with Crippen LogP contribution in [0.5, 0.6) is 5.75 Å². The molecule has 0 fully saturated rings. The van der Waals surface area contributed by atoms with Crippen LogP contribution >= 0.6 is 0 Å². The number of aromatic hydroxyl groups is 1. The number of ether oxygens (including phenoxy) is 1. The molecule has 3 nitrogen and oxygen atoms in total. The highest BCUT2D eigenvalue weighted by Crippen LogP contribution is 2.37. The molecule has 0 radical (unpaired) electrons. The number of phenolic OH excluding ortho intramolecular Hbond substituents is 1. The number of carbonyl (C=O) groups is 1. The Morgan fingerprint density at radius 1 is 1.26 bits per heavy atom. The van der Waals surface area contributed by atoms with Gasteiger partial charge in [-0.05, 0) is 69.2 Å². The molecule has 0 saturated heterocycles. The fraction of sp³-hybridized carbons (Fsp3) is 0.562. The molecular formula is C16H22O3. The highest BCUT2D eigenvalue weighted by atomic mass is 16.5. The van der Waals surface area contributed by atoms with Gasteiger partial charge in [-0.2, -0.15) is 0 Å². The summed E-state index contributed by atoms with van der Waals surface area (Å²) in [6, 6.07) is 3.58. The first-order chi connectivity index (χ1) is 8.98. The van der Waals surface area contributed by atoms with Crippen LogP contribution in [-0.2, 0) is 27.8 Å². The van der Waals surface area contributed by atoms with Crippen molar-refractivity contribution in [3.63, 3.8) is 0 Å². The van der Waals surface area contributed by atoms with Crippen LogP contribution in [0.25, 0.3) is 0 Å². The lowest BCUT2D eigenvalue weighted by molar-refractivity contribution is -0.148. The summed E-state index contributed by atoms with van der Waals surface area (Å²) in [4.78, 5) is 12.2. The zero-order valence-electron chi connectivity index (χ0n) is 12.0. The molecule has 1 aliphatic rings. The first-order valence-electron chi connectivity index (χ1n) is 7.00. The Morgan fingerprint density at radius 2 is 1.89 bits per heavy atom. The van der Waals surface area contributed by atoms with Crippen molar-refractivity contribution in [1.82, 2.24) is 0 Å². The fourth-order valence-electron chi connectivity index (χ4n) is 2.86. The van der Waals surface area contributed by atoms with E-state index in [1.54, 1.807) is 6.07 Å². The Labute approximate surface area is 114 Å². The largest absolute Gasteiger partial charge is 0.508 e. The van der Waals surface area contributed by atoms with E-state index in [1.165, 1.54) is 0 Å². The summed E-state index contributed by atoms with van der Waals surface area (Å²) in [6.07, 6.45) is 4.04. The number of hydrogen-bond acceptors (Lipinski definition) is 3. The Hall–Kier alpha value is -1.51. The highest BCUT2D eigenvalue weighted by molar-refractivity contribution is 5.83. The van der Waals surface area contributed by atoms with Crippen LogP contribution in [0.1, 0.15) is 50.3 Å². The van der Waals surface area contributed by atoms with E-state index in [0.717, 1.165) is 42.4 Å². The lowest BCUT2D eigenvalue weighted by Gasteiger charge is -2.29. The van der Waals surface area contributed by atoms with Gasteiger partial charge in [-0.15, -0.1) is 0 Å². The lowest BCUT2D eigenvalue weighted by Crippen LogP contribution is -2.33. The topological polar surface area (TPSA) is 46.5 Å². The number of fused-ring (bicyclic) bond motifs is 1. The first-order valence-corrected chi connectivity index (χ1v) is 7.00. The predicted molar refractivity (Wildman–Crippen MR) is 74.4 cm³/mol. The quantitative estimate of drug-likeness (QED) is 0.851. The number of hydrogen-bond donors (Lipinski definition) is 1. The monoisotopic (exact) mass is 262 g/mol. The van der Waals surface area contributed by atoms with Crippen molar-refractivity contribution >= 4 is 5.97 Å². The summed E-state index contributed by atoms with van der Waals surface area (Å²) in [7, 11) is 0. The summed E-state index contributed by atoms with van der Waals surface area (Å²) in [6.45, 7) is 6.00. The van der Waals surface area contributed by atoms with Gasteiger partial charge in [0.2, 0.25) is 0 Å². The molecule has 3 heteroatoms. The molecule has 0 heterocycles. The number of carbonyl (C=O) groups excluding carboxylic acids is 1. The van der Waals surface area contributed by atoms with Gasteiger partial charge in [0.05, 0.1) is 12.0 Å². The molecule has 104 valence electrons. The maximum Gasteiger partial charge on any atom is 0.315 e. The van der Waals surface area contributed by atoms with Crippen LogP contribution in [0.4, 0.5) is 0 Å². The SMILES string of the molecule is CCOC(=O)C(C)(C)c1ccc(O)c2c1CCCC2. The minimum Gasteiger partial charge on any atom is -0.508 e. The van der Waals surface area contributed by atoms with Gasteiger partial charge in [0.15, 0.2) is 0 Å². The molecule has 0 amide bonds. The molecule has 0 bridgehead atoms. The lowest BCUT2D eigenvalue weighted by atomic mass is 9.76.